The fourth-order valence-electron chi connectivity index (χ4n) is 2.53. The van der Waals surface area contributed by atoms with Gasteiger partial charge in [0.2, 0.25) is 5.91 Å². The van der Waals surface area contributed by atoms with E-state index in [4.69, 9.17) is 32.7 Å². The number of halogens is 2. The Bertz CT molecular complexity index is 1020. The van der Waals surface area contributed by atoms with Gasteiger partial charge in [0.25, 0.3) is 0 Å². The molecule has 1 N–H and O–H groups in total. The van der Waals surface area contributed by atoms with E-state index in [1.54, 1.807) is 37.5 Å². The van der Waals surface area contributed by atoms with Gasteiger partial charge < -0.3 is 14.8 Å². The Morgan fingerprint density at radius 1 is 1.00 bits per heavy atom. The van der Waals surface area contributed by atoms with Crippen LogP contribution in [0.2, 0.25) is 10.0 Å². The van der Waals surface area contributed by atoms with Crippen LogP contribution in [-0.2, 0) is 11.4 Å². The molecule has 0 unspecified atom stereocenters. The molecule has 0 spiro atoms. The summed E-state index contributed by atoms with van der Waals surface area (Å²) in [6, 6.07) is 19.9. The summed E-state index contributed by atoms with van der Waals surface area (Å²) in [4.78, 5) is 12.1. The molecule has 0 atom stereocenters. The number of benzene rings is 3. The van der Waals surface area contributed by atoms with Gasteiger partial charge in [-0.05, 0) is 48.0 Å². The van der Waals surface area contributed by atoms with Crippen molar-refractivity contribution < 1.29 is 14.3 Å². The minimum atomic E-state index is -0.226. The van der Waals surface area contributed by atoms with Gasteiger partial charge in [-0.15, -0.1) is 0 Å². The third-order valence-corrected chi connectivity index (χ3v) is 4.64. The molecule has 6 heteroatoms. The predicted molar refractivity (Wildman–Crippen MR) is 118 cm³/mol. The normalized spacial score (nSPS) is 10.7. The second kappa shape index (κ2) is 10.0. The highest BCUT2D eigenvalue weighted by molar-refractivity contribution is 6.35. The van der Waals surface area contributed by atoms with Crippen LogP contribution in [0.3, 0.4) is 0 Å². The summed E-state index contributed by atoms with van der Waals surface area (Å²) in [5.74, 6) is 1.16. The summed E-state index contributed by atoms with van der Waals surface area (Å²) >= 11 is 12.0. The third kappa shape index (κ3) is 6.28. The molecule has 0 saturated heterocycles. The average molecular weight is 428 g/mol. The zero-order chi connectivity index (χ0) is 20.6. The van der Waals surface area contributed by atoms with Crippen LogP contribution in [0.25, 0.3) is 6.08 Å². The molecular formula is C23H19Cl2NO3. The van der Waals surface area contributed by atoms with Crippen LogP contribution < -0.4 is 14.8 Å². The van der Waals surface area contributed by atoms with Gasteiger partial charge in [0.15, 0.2) is 0 Å². The van der Waals surface area contributed by atoms with Crippen LogP contribution in [0, 0.1) is 0 Å². The van der Waals surface area contributed by atoms with E-state index in [-0.39, 0.29) is 5.91 Å². The molecule has 0 bridgehead atoms. The maximum absolute atomic E-state index is 12.1. The Labute approximate surface area is 179 Å². The smallest absolute Gasteiger partial charge is 0.248 e. The van der Waals surface area contributed by atoms with Gasteiger partial charge in [-0.2, -0.15) is 0 Å². The molecule has 0 aliphatic carbocycles. The van der Waals surface area contributed by atoms with Crippen LogP contribution in [0.4, 0.5) is 5.69 Å². The summed E-state index contributed by atoms with van der Waals surface area (Å²) in [7, 11) is 1.58. The van der Waals surface area contributed by atoms with Gasteiger partial charge in [-0.3, -0.25) is 4.79 Å². The first-order chi connectivity index (χ1) is 14.0. The molecule has 29 heavy (non-hydrogen) atoms. The fraction of sp³-hybridized carbons (Fsp3) is 0.0870. The Morgan fingerprint density at radius 3 is 2.52 bits per heavy atom. The monoisotopic (exact) mass is 427 g/mol. The number of nitrogens with one attached hydrogen (secondary N) is 1. The van der Waals surface area contributed by atoms with Gasteiger partial charge >= 0.3 is 0 Å². The first kappa shape index (κ1) is 20.8. The van der Waals surface area contributed by atoms with E-state index >= 15 is 0 Å². The van der Waals surface area contributed by atoms with E-state index in [2.05, 4.69) is 5.32 Å². The van der Waals surface area contributed by atoms with Crippen molar-refractivity contribution in [3.05, 3.63) is 94.0 Å². The molecule has 0 saturated carbocycles. The van der Waals surface area contributed by atoms with E-state index in [0.29, 0.717) is 33.8 Å². The Morgan fingerprint density at radius 2 is 1.79 bits per heavy atom. The number of methoxy groups -OCH3 is 1. The van der Waals surface area contributed by atoms with Gasteiger partial charge in [-0.1, -0.05) is 47.5 Å². The van der Waals surface area contributed by atoms with Crippen molar-refractivity contribution >= 4 is 40.9 Å². The maximum Gasteiger partial charge on any atom is 0.248 e. The molecule has 148 valence electrons. The number of hydrogen-bond acceptors (Lipinski definition) is 3. The van der Waals surface area contributed by atoms with Gasteiger partial charge in [-0.25, -0.2) is 0 Å². The van der Waals surface area contributed by atoms with E-state index in [1.165, 1.54) is 6.08 Å². The van der Waals surface area contributed by atoms with Crippen molar-refractivity contribution in [3.63, 3.8) is 0 Å². The van der Waals surface area contributed by atoms with Crippen molar-refractivity contribution in [2.75, 3.05) is 12.4 Å². The summed E-state index contributed by atoms with van der Waals surface area (Å²) < 4.78 is 10.9. The highest BCUT2D eigenvalue weighted by atomic mass is 35.5. The fourth-order valence-corrected chi connectivity index (χ4v) is 2.99. The molecule has 0 fully saturated rings. The van der Waals surface area contributed by atoms with Crippen LogP contribution in [-0.4, -0.2) is 13.0 Å². The standard InChI is InChI=1S/C23H19Cl2NO3/c1-28-21-4-2-3-19(14-21)26-23(27)12-7-16-5-10-20(11-6-16)29-15-17-8-9-18(24)13-22(17)25/h2-14H,15H2,1H3,(H,26,27)/b12-7+. The number of ether oxygens (including phenoxy) is 2. The predicted octanol–water partition coefficient (Wildman–Crippen LogP) is 6.23. The number of carbonyl (C=O) groups is 1. The summed E-state index contributed by atoms with van der Waals surface area (Å²) in [5.41, 5.74) is 2.40. The SMILES string of the molecule is COc1cccc(NC(=O)/C=C/c2ccc(OCc3ccc(Cl)cc3Cl)cc2)c1. The maximum atomic E-state index is 12.1. The molecule has 3 aromatic carbocycles. The van der Waals surface area contributed by atoms with Gasteiger partial charge in [0.1, 0.15) is 18.1 Å². The lowest BCUT2D eigenvalue weighted by Crippen LogP contribution is -2.07. The second-order valence-electron chi connectivity index (χ2n) is 6.15. The molecule has 1 amide bonds. The van der Waals surface area contributed by atoms with Crippen LogP contribution in [0.1, 0.15) is 11.1 Å². The van der Waals surface area contributed by atoms with E-state index in [1.807, 2.05) is 42.5 Å². The van der Waals surface area contributed by atoms with E-state index in [0.717, 1.165) is 11.1 Å². The minimum Gasteiger partial charge on any atom is -0.497 e. The quantitative estimate of drug-likeness (QED) is 0.454. The highest BCUT2D eigenvalue weighted by Crippen LogP contribution is 2.23. The molecular weight excluding hydrogens is 409 g/mol. The zero-order valence-corrected chi connectivity index (χ0v) is 17.2. The lowest BCUT2D eigenvalue weighted by molar-refractivity contribution is -0.111. The van der Waals surface area contributed by atoms with E-state index in [9.17, 15) is 4.79 Å². The molecule has 3 rings (SSSR count). The van der Waals surface area contributed by atoms with E-state index < -0.39 is 0 Å². The number of amides is 1. The van der Waals surface area contributed by atoms with Gasteiger partial charge in [0, 0.05) is 33.4 Å². The number of anilines is 1. The molecule has 0 aromatic heterocycles. The molecule has 0 radical (unpaired) electrons. The lowest BCUT2D eigenvalue weighted by Gasteiger charge is -2.08. The number of hydrogen-bond donors (Lipinski definition) is 1. The topological polar surface area (TPSA) is 47.6 Å². The third-order valence-electron chi connectivity index (χ3n) is 4.05. The molecule has 3 aromatic rings. The minimum absolute atomic E-state index is 0.226. The Balaban J connectivity index is 1.54. The Hall–Kier alpha value is -2.95. The zero-order valence-electron chi connectivity index (χ0n) is 15.7. The first-order valence-corrected chi connectivity index (χ1v) is 9.59. The molecule has 0 heterocycles. The lowest BCUT2D eigenvalue weighted by atomic mass is 10.2. The summed E-state index contributed by atoms with van der Waals surface area (Å²) in [6.07, 6.45) is 3.21. The summed E-state index contributed by atoms with van der Waals surface area (Å²) in [5, 5.41) is 3.95. The Kier molecular flexibility index (Phi) is 7.17. The highest BCUT2D eigenvalue weighted by Gasteiger charge is 2.03. The van der Waals surface area contributed by atoms with Crippen molar-refractivity contribution in [3.8, 4) is 11.5 Å². The van der Waals surface area contributed by atoms with Crippen LogP contribution in [0.15, 0.2) is 72.8 Å². The largest absolute Gasteiger partial charge is 0.497 e. The molecule has 0 aliphatic heterocycles. The van der Waals surface area contributed by atoms with Crippen molar-refractivity contribution in [2.45, 2.75) is 6.61 Å². The number of rotatable bonds is 7. The first-order valence-electron chi connectivity index (χ1n) is 8.83. The van der Waals surface area contributed by atoms with Crippen molar-refractivity contribution in [2.24, 2.45) is 0 Å². The van der Waals surface area contributed by atoms with Crippen LogP contribution >= 0.6 is 23.2 Å². The van der Waals surface area contributed by atoms with Gasteiger partial charge in [0.05, 0.1) is 7.11 Å². The van der Waals surface area contributed by atoms with Crippen molar-refractivity contribution in [1.29, 1.82) is 0 Å². The van der Waals surface area contributed by atoms with Crippen molar-refractivity contribution in [1.82, 2.24) is 0 Å². The number of carbonyl (C=O) groups excluding carboxylic acids is 1. The second-order valence-corrected chi connectivity index (χ2v) is 6.99. The molecule has 4 nitrogen and oxygen atoms in total. The van der Waals surface area contributed by atoms with Crippen LogP contribution in [0.5, 0.6) is 11.5 Å². The molecule has 0 aliphatic rings. The summed E-state index contributed by atoms with van der Waals surface area (Å²) in [6.45, 7) is 0.341. The average Bonchev–Trinajstić information content (AvgIpc) is 2.72.